The number of aromatic amines is 1. The van der Waals surface area contributed by atoms with E-state index in [1.165, 1.54) is 35.4 Å². The molecule has 1 atom stereocenters. The molecule has 0 saturated heterocycles. The fraction of sp³-hybridized carbons (Fsp3) is 0.208. The van der Waals surface area contributed by atoms with Gasteiger partial charge >= 0.3 is 5.97 Å². The van der Waals surface area contributed by atoms with Crippen LogP contribution in [0.3, 0.4) is 0 Å². The van der Waals surface area contributed by atoms with Crippen molar-refractivity contribution in [3.8, 4) is 5.95 Å². The summed E-state index contributed by atoms with van der Waals surface area (Å²) in [4.78, 5) is 14.6. The molecule has 1 unspecified atom stereocenters. The Morgan fingerprint density at radius 2 is 2.07 bits per heavy atom. The minimum absolute atomic E-state index is 0.131. The molecule has 30 heavy (non-hydrogen) atoms. The fourth-order valence-corrected chi connectivity index (χ4v) is 4.26. The van der Waals surface area contributed by atoms with Crippen LogP contribution < -0.4 is 15.4 Å². The number of allylic oxidation sites excluding steroid dienone is 1. The largest absolute Gasteiger partial charge is 0.475 e. The summed E-state index contributed by atoms with van der Waals surface area (Å²) in [7, 11) is 0. The summed E-state index contributed by atoms with van der Waals surface area (Å²) in [6.07, 6.45) is 10.1. The van der Waals surface area contributed by atoms with E-state index in [-0.39, 0.29) is 23.4 Å². The molecule has 2 N–H and O–H groups in total. The second-order valence-electron chi connectivity index (χ2n) is 7.59. The lowest BCUT2D eigenvalue weighted by molar-refractivity contribution is 0.0657. The molecule has 3 aromatic rings. The predicted octanol–water partition coefficient (Wildman–Crippen LogP) is 3.65. The van der Waals surface area contributed by atoms with Crippen molar-refractivity contribution < 1.29 is 23.4 Å². The predicted molar refractivity (Wildman–Crippen MR) is 109 cm³/mol. The van der Waals surface area contributed by atoms with Crippen molar-refractivity contribution in [1.29, 1.82) is 0 Å². The van der Waals surface area contributed by atoms with Crippen molar-refractivity contribution in [2.24, 2.45) is 0 Å². The van der Waals surface area contributed by atoms with E-state index in [9.17, 15) is 9.18 Å². The number of aromatic nitrogens is 1. The Balaban J connectivity index is 1.56. The van der Waals surface area contributed by atoms with Gasteiger partial charge in [-0.3, -0.25) is 0 Å². The van der Waals surface area contributed by atoms with Crippen molar-refractivity contribution in [3.63, 3.8) is 0 Å². The lowest BCUT2D eigenvalue weighted by Crippen LogP contribution is -2.23. The number of H-pyrrole nitrogens is 1. The number of fused-ring (bicyclic) bond motifs is 3. The maximum absolute atomic E-state index is 13.3. The fourth-order valence-electron chi connectivity index (χ4n) is 4.26. The van der Waals surface area contributed by atoms with Gasteiger partial charge in [-0.25, -0.2) is 9.18 Å². The zero-order valence-corrected chi connectivity index (χ0v) is 16.2. The molecular weight excluding hydrogens is 385 g/mol. The first kappa shape index (κ1) is 18.5. The molecule has 0 amide bonds. The highest BCUT2D eigenvalue weighted by atomic mass is 19.1. The van der Waals surface area contributed by atoms with Gasteiger partial charge in [0, 0.05) is 17.3 Å². The normalized spacial score (nSPS) is 17.2. The zero-order chi connectivity index (χ0) is 20.7. The number of carboxylic acids is 1. The van der Waals surface area contributed by atoms with Gasteiger partial charge in [0.2, 0.25) is 5.76 Å². The lowest BCUT2D eigenvalue weighted by atomic mass is 9.85. The number of hydrogen-bond donors (Lipinski definition) is 2. The van der Waals surface area contributed by atoms with Gasteiger partial charge in [-0.15, -0.1) is 0 Å². The molecule has 0 bridgehead atoms. The molecule has 5 rings (SSSR count). The molecule has 1 aromatic carbocycles. The molecule has 0 radical (unpaired) electrons. The summed E-state index contributed by atoms with van der Waals surface area (Å²) in [5, 5.41) is 11.1. The van der Waals surface area contributed by atoms with Crippen LogP contribution in [0.1, 0.15) is 46.0 Å². The van der Waals surface area contributed by atoms with E-state index in [0.717, 1.165) is 41.9 Å². The van der Waals surface area contributed by atoms with Crippen molar-refractivity contribution in [3.05, 3.63) is 87.5 Å². The summed E-state index contributed by atoms with van der Waals surface area (Å²) in [5.41, 5.74) is 3.54. The van der Waals surface area contributed by atoms with Crippen LogP contribution in [0.4, 0.5) is 4.39 Å². The summed E-state index contributed by atoms with van der Waals surface area (Å²) in [6.45, 7) is 0. The van der Waals surface area contributed by atoms with Gasteiger partial charge in [-0.1, -0.05) is 24.3 Å². The Bertz CT molecular complexity index is 1260. The third-order valence-electron chi connectivity index (χ3n) is 5.63. The monoisotopic (exact) mass is 405 g/mol. The number of carboxylic acid groups (broad SMARTS) is 1. The molecule has 152 valence electrons. The molecule has 0 saturated carbocycles. The number of hydrogen-bond acceptors (Lipinski definition) is 3. The SMILES string of the molecule is O=C(O)c1ccc(OC2=c3[nH]c4c(c3C(Cc3ccc(F)cc3)C=C2)CCCC=4)o1. The van der Waals surface area contributed by atoms with Gasteiger partial charge < -0.3 is 19.2 Å². The van der Waals surface area contributed by atoms with Crippen molar-refractivity contribution in [2.75, 3.05) is 0 Å². The number of carbonyl (C=O) groups is 1. The molecule has 2 aliphatic carbocycles. The topological polar surface area (TPSA) is 75.5 Å². The first-order valence-corrected chi connectivity index (χ1v) is 9.97. The standard InChI is InChI=1S/C24H20FNO4/c25-16-8-5-14(6-9-16)13-15-7-10-19(29-21-12-11-20(30-21)24(27)28)23-22(15)17-3-1-2-4-18(17)26-23/h4-12,15,26H,1-3,13H2,(H,27,28). The second kappa shape index (κ2) is 7.37. The van der Waals surface area contributed by atoms with Crippen LogP contribution in [-0.2, 0) is 12.8 Å². The molecule has 6 heteroatoms. The molecule has 2 aromatic heterocycles. The van der Waals surface area contributed by atoms with Crippen molar-refractivity contribution in [2.45, 2.75) is 31.6 Å². The third kappa shape index (κ3) is 3.34. The van der Waals surface area contributed by atoms with Crippen LogP contribution >= 0.6 is 0 Å². The van der Waals surface area contributed by atoms with Gasteiger partial charge in [0.15, 0.2) is 5.76 Å². The number of ether oxygens (including phenoxy) is 1. The first-order chi connectivity index (χ1) is 14.6. The maximum Gasteiger partial charge on any atom is 0.371 e. The van der Waals surface area contributed by atoms with E-state index in [0.29, 0.717) is 5.76 Å². The zero-order valence-electron chi connectivity index (χ0n) is 16.2. The highest BCUT2D eigenvalue weighted by molar-refractivity contribution is 5.84. The van der Waals surface area contributed by atoms with Gasteiger partial charge in [0.1, 0.15) is 5.82 Å². The van der Waals surface area contributed by atoms with Gasteiger partial charge in [0.05, 0.1) is 5.35 Å². The smallest absolute Gasteiger partial charge is 0.371 e. The molecule has 2 heterocycles. The Hall–Kier alpha value is -3.54. The number of benzene rings is 1. The number of aromatic carboxylic acids is 1. The summed E-state index contributed by atoms with van der Waals surface area (Å²) < 4.78 is 24.5. The summed E-state index contributed by atoms with van der Waals surface area (Å²) in [5.74, 6) is -0.690. The van der Waals surface area contributed by atoms with Crippen molar-refractivity contribution in [1.82, 2.24) is 4.98 Å². The Morgan fingerprint density at radius 3 is 2.83 bits per heavy atom. The van der Waals surface area contributed by atoms with E-state index in [1.807, 2.05) is 18.2 Å². The minimum Gasteiger partial charge on any atom is -0.475 e. The van der Waals surface area contributed by atoms with Crippen LogP contribution in [0.5, 0.6) is 5.95 Å². The highest BCUT2D eigenvalue weighted by Gasteiger charge is 2.25. The molecule has 0 aliphatic heterocycles. The first-order valence-electron chi connectivity index (χ1n) is 9.97. The Morgan fingerprint density at radius 1 is 1.23 bits per heavy atom. The van der Waals surface area contributed by atoms with Crippen LogP contribution in [0.2, 0.25) is 0 Å². The van der Waals surface area contributed by atoms with Crippen LogP contribution in [-0.4, -0.2) is 16.1 Å². The van der Waals surface area contributed by atoms with E-state index >= 15 is 0 Å². The van der Waals surface area contributed by atoms with Crippen LogP contribution in [0.15, 0.2) is 53.0 Å². The van der Waals surface area contributed by atoms with Crippen LogP contribution in [0.25, 0.3) is 11.8 Å². The third-order valence-corrected chi connectivity index (χ3v) is 5.63. The van der Waals surface area contributed by atoms with Crippen LogP contribution in [0, 0.1) is 5.82 Å². The Kier molecular flexibility index (Phi) is 4.54. The van der Waals surface area contributed by atoms with Gasteiger partial charge in [-0.05, 0) is 66.6 Å². The average Bonchev–Trinajstić information content (AvgIpc) is 3.36. The number of rotatable bonds is 5. The minimum atomic E-state index is -1.14. The van der Waals surface area contributed by atoms with E-state index in [2.05, 4.69) is 17.1 Å². The number of halogens is 1. The summed E-state index contributed by atoms with van der Waals surface area (Å²) in [6, 6.07) is 9.49. The second-order valence-corrected chi connectivity index (χ2v) is 7.59. The number of nitrogens with one attached hydrogen (secondary N) is 1. The molecule has 5 nitrogen and oxygen atoms in total. The van der Waals surface area contributed by atoms with Gasteiger partial charge in [0.25, 0.3) is 5.95 Å². The molecular formula is C24H20FNO4. The average molecular weight is 405 g/mol. The van der Waals surface area contributed by atoms with Gasteiger partial charge in [-0.2, -0.15) is 0 Å². The Labute approximate surface area is 171 Å². The van der Waals surface area contributed by atoms with E-state index in [4.69, 9.17) is 14.3 Å². The molecule has 0 spiro atoms. The van der Waals surface area contributed by atoms with E-state index in [1.54, 1.807) is 0 Å². The number of furan rings is 1. The highest BCUT2D eigenvalue weighted by Crippen LogP contribution is 2.29. The lowest BCUT2D eigenvalue weighted by Gasteiger charge is -2.19. The van der Waals surface area contributed by atoms with E-state index < -0.39 is 5.97 Å². The summed E-state index contributed by atoms with van der Waals surface area (Å²) >= 11 is 0. The van der Waals surface area contributed by atoms with Crippen molar-refractivity contribution >= 4 is 17.8 Å². The maximum atomic E-state index is 13.3. The molecule has 2 aliphatic rings. The molecule has 0 fully saturated rings. The quantitative estimate of drug-likeness (QED) is 0.680.